The predicted octanol–water partition coefficient (Wildman–Crippen LogP) is 3.38. The maximum Gasteiger partial charge on any atom is 0.275 e. The average molecular weight is 435 g/mol. The second-order valence-electron chi connectivity index (χ2n) is 8.02. The Morgan fingerprint density at radius 1 is 1.06 bits per heavy atom. The van der Waals surface area contributed by atoms with Crippen molar-refractivity contribution in [1.29, 1.82) is 0 Å². The standard InChI is InChI=1S/C23H23ClN6O/c1-29-7-9-30(10-8-29)14-15-5-6-19-21(11-15)26-22(25-19)18-13-20(27-28-23(18)31)16-3-2-4-17(24)12-16/h2-6,11-13H,7-10,14H2,1H3,(H,25,26)(H,28,31). The third-order valence-corrected chi connectivity index (χ3v) is 5.96. The molecule has 31 heavy (non-hydrogen) atoms. The molecule has 3 heterocycles. The van der Waals surface area contributed by atoms with E-state index in [9.17, 15) is 4.79 Å². The zero-order chi connectivity index (χ0) is 21.4. The van der Waals surface area contributed by atoms with E-state index in [1.165, 1.54) is 5.56 Å². The molecule has 2 N–H and O–H groups in total. The molecule has 7 nitrogen and oxygen atoms in total. The van der Waals surface area contributed by atoms with E-state index in [4.69, 9.17) is 11.6 Å². The fourth-order valence-corrected chi connectivity index (χ4v) is 4.11. The molecular formula is C23H23ClN6O. The van der Waals surface area contributed by atoms with Crippen molar-refractivity contribution in [3.63, 3.8) is 0 Å². The molecule has 8 heteroatoms. The highest BCUT2D eigenvalue weighted by Crippen LogP contribution is 2.24. The summed E-state index contributed by atoms with van der Waals surface area (Å²) in [6.07, 6.45) is 0. The van der Waals surface area contributed by atoms with Gasteiger partial charge in [0.15, 0.2) is 0 Å². The summed E-state index contributed by atoms with van der Waals surface area (Å²) in [5.74, 6) is 0.527. The molecule has 1 aliphatic heterocycles. The number of rotatable bonds is 4. The number of imidazole rings is 1. The first-order chi connectivity index (χ1) is 15.0. The molecule has 5 rings (SSSR count). The number of nitrogens with zero attached hydrogens (tertiary/aromatic N) is 4. The summed E-state index contributed by atoms with van der Waals surface area (Å²) in [7, 11) is 2.16. The van der Waals surface area contributed by atoms with Gasteiger partial charge in [-0.05, 0) is 42.9 Å². The summed E-state index contributed by atoms with van der Waals surface area (Å²) >= 11 is 6.10. The molecule has 0 saturated carbocycles. The fraction of sp³-hybridized carbons (Fsp3) is 0.261. The van der Waals surface area contributed by atoms with Crippen LogP contribution in [0.15, 0.2) is 53.3 Å². The lowest BCUT2D eigenvalue weighted by Gasteiger charge is -2.32. The summed E-state index contributed by atoms with van der Waals surface area (Å²) in [5.41, 5.74) is 4.60. The first kappa shape index (κ1) is 19.9. The van der Waals surface area contributed by atoms with Crippen molar-refractivity contribution in [3.05, 3.63) is 69.5 Å². The smallest absolute Gasteiger partial charge is 0.275 e. The highest BCUT2D eigenvalue weighted by atomic mass is 35.5. The first-order valence-corrected chi connectivity index (χ1v) is 10.7. The van der Waals surface area contributed by atoms with Crippen molar-refractivity contribution < 1.29 is 0 Å². The molecule has 2 aromatic heterocycles. The van der Waals surface area contributed by atoms with E-state index in [2.05, 4.69) is 49.1 Å². The summed E-state index contributed by atoms with van der Waals surface area (Å²) in [6, 6.07) is 15.4. The molecular weight excluding hydrogens is 412 g/mol. The van der Waals surface area contributed by atoms with Crippen LogP contribution in [0.4, 0.5) is 0 Å². The minimum atomic E-state index is -0.289. The van der Waals surface area contributed by atoms with Gasteiger partial charge in [0.2, 0.25) is 0 Å². The Bertz CT molecular complexity index is 1290. The Balaban J connectivity index is 1.45. The summed E-state index contributed by atoms with van der Waals surface area (Å²) in [5, 5.41) is 7.36. The van der Waals surface area contributed by atoms with Gasteiger partial charge in [-0.3, -0.25) is 9.69 Å². The minimum absolute atomic E-state index is 0.289. The molecule has 0 aliphatic carbocycles. The lowest BCUT2D eigenvalue weighted by molar-refractivity contribution is 0.148. The van der Waals surface area contributed by atoms with Gasteiger partial charge >= 0.3 is 0 Å². The Morgan fingerprint density at radius 3 is 2.71 bits per heavy atom. The van der Waals surface area contributed by atoms with E-state index >= 15 is 0 Å². The number of halogens is 1. The second-order valence-corrected chi connectivity index (χ2v) is 8.46. The average Bonchev–Trinajstić information content (AvgIpc) is 3.19. The van der Waals surface area contributed by atoms with E-state index in [1.54, 1.807) is 12.1 Å². The quantitative estimate of drug-likeness (QED) is 0.514. The van der Waals surface area contributed by atoms with Gasteiger partial charge in [-0.1, -0.05) is 29.8 Å². The highest BCUT2D eigenvalue weighted by Gasteiger charge is 2.16. The SMILES string of the molecule is CN1CCN(Cc2ccc3nc(-c4cc(-c5cccc(Cl)c5)n[nH]c4=O)[nH]c3c2)CC1. The van der Waals surface area contributed by atoms with Crippen molar-refractivity contribution >= 4 is 22.6 Å². The van der Waals surface area contributed by atoms with E-state index < -0.39 is 0 Å². The number of likely N-dealkylation sites (N-methyl/N-ethyl adjacent to an activating group) is 1. The highest BCUT2D eigenvalue weighted by molar-refractivity contribution is 6.30. The summed E-state index contributed by atoms with van der Waals surface area (Å²) < 4.78 is 0. The molecule has 158 valence electrons. The maximum absolute atomic E-state index is 12.5. The molecule has 4 aromatic rings. The third kappa shape index (κ3) is 4.25. The normalized spacial score (nSPS) is 15.5. The van der Waals surface area contributed by atoms with Crippen LogP contribution < -0.4 is 5.56 Å². The molecule has 1 saturated heterocycles. The van der Waals surface area contributed by atoms with Crippen LogP contribution in [-0.4, -0.2) is 63.2 Å². The largest absolute Gasteiger partial charge is 0.338 e. The van der Waals surface area contributed by atoms with E-state index in [-0.39, 0.29) is 5.56 Å². The number of H-pyrrole nitrogens is 2. The van der Waals surface area contributed by atoms with Crippen LogP contribution in [0.1, 0.15) is 5.56 Å². The molecule has 0 bridgehead atoms. The molecule has 1 aliphatic rings. The number of aromatic nitrogens is 4. The molecule has 0 amide bonds. The Labute approximate surface area is 184 Å². The summed E-state index contributed by atoms with van der Waals surface area (Å²) in [6.45, 7) is 5.24. The lowest BCUT2D eigenvalue weighted by atomic mass is 10.1. The number of piperazine rings is 1. The van der Waals surface area contributed by atoms with Gasteiger partial charge in [0.05, 0.1) is 22.3 Å². The van der Waals surface area contributed by atoms with Gasteiger partial charge in [0.1, 0.15) is 5.82 Å². The maximum atomic E-state index is 12.5. The first-order valence-electron chi connectivity index (χ1n) is 10.3. The van der Waals surface area contributed by atoms with Crippen molar-refractivity contribution in [2.45, 2.75) is 6.54 Å². The van der Waals surface area contributed by atoms with Crippen LogP contribution in [0.2, 0.25) is 5.02 Å². The molecule has 2 aromatic carbocycles. The number of nitrogens with one attached hydrogen (secondary N) is 2. The van der Waals surface area contributed by atoms with Crippen LogP contribution in [0, 0.1) is 0 Å². The predicted molar refractivity (Wildman–Crippen MR) is 123 cm³/mol. The Morgan fingerprint density at radius 2 is 1.90 bits per heavy atom. The zero-order valence-corrected chi connectivity index (χ0v) is 18.0. The number of hydrogen-bond acceptors (Lipinski definition) is 5. The summed E-state index contributed by atoms with van der Waals surface area (Å²) in [4.78, 5) is 25.3. The van der Waals surface area contributed by atoms with E-state index in [0.717, 1.165) is 49.3 Å². The topological polar surface area (TPSA) is 80.9 Å². The second kappa shape index (κ2) is 8.26. The minimum Gasteiger partial charge on any atom is -0.338 e. The molecule has 0 atom stereocenters. The molecule has 0 spiro atoms. The van der Waals surface area contributed by atoms with Gasteiger partial charge < -0.3 is 9.88 Å². The fourth-order valence-electron chi connectivity index (χ4n) is 3.92. The van der Waals surface area contributed by atoms with Gasteiger partial charge in [0, 0.05) is 43.3 Å². The Kier molecular flexibility index (Phi) is 5.31. The van der Waals surface area contributed by atoms with Gasteiger partial charge in [-0.15, -0.1) is 0 Å². The van der Waals surface area contributed by atoms with Gasteiger partial charge in [-0.2, -0.15) is 5.10 Å². The number of fused-ring (bicyclic) bond motifs is 1. The van der Waals surface area contributed by atoms with E-state index in [0.29, 0.717) is 22.1 Å². The molecule has 1 fully saturated rings. The lowest BCUT2D eigenvalue weighted by Crippen LogP contribution is -2.43. The third-order valence-electron chi connectivity index (χ3n) is 5.73. The zero-order valence-electron chi connectivity index (χ0n) is 17.2. The van der Waals surface area contributed by atoms with E-state index in [1.807, 2.05) is 24.3 Å². The van der Waals surface area contributed by atoms with Gasteiger partial charge in [0.25, 0.3) is 5.56 Å². The number of hydrogen-bond donors (Lipinski definition) is 2. The van der Waals surface area contributed by atoms with Crippen molar-refractivity contribution in [2.75, 3.05) is 33.2 Å². The Hall–Kier alpha value is -3.00. The van der Waals surface area contributed by atoms with Gasteiger partial charge in [-0.25, -0.2) is 10.1 Å². The molecule has 0 unspecified atom stereocenters. The van der Waals surface area contributed by atoms with Crippen molar-refractivity contribution in [3.8, 4) is 22.6 Å². The number of benzene rings is 2. The monoisotopic (exact) mass is 434 g/mol. The van der Waals surface area contributed by atoms with Crippen LogP contribution in [-0.2, 0) is 6.54 Å². The van der Waals surface area contributed by atoms with Crippen LogP contribution in [0.3, 0.4) is 0 Å². The van der Waals surface area contributed by atoms with Crippen molar-refractivity contribution in [2.24, 2.45) is 0 Å². The van der Waals surface area contributed by atoms with Crippen LogP contribution >= 0.6 is 11.6 Å². The van der Waals surface area contributed by atoms with Crippen LogP contribution in [0.25, 0.3) is 33.7 Å². The van der Waals surface area contributed by atoms with Crippen LogP contribution in [0.5, 0.6) is 0 Å². The number of aromatic amines is 2. The van der Waals surface area contributed by atoms with Crippen molar-refractivity contribution in [1.82, 2.24) is 30.0 Å². The molecule has 0 radical (unpaired) electrons.